The van der Waals surface area contributed by atoms with E-state index < -0.39 is 5.25 Å². The zero-order chi connectivity index (χ0) is 25.1. The van der Waals surface area contributed by atoms with Gasteiger partial charge >= 0.3 is 0 Å². The number of nitrogens with one attached hydrogen (secondary N) is 2. The topological polar surface area (TPSA) is 93.1 Å². The molecule has 0 spiro atoms. The fourth-order valence-corrected chi connectivity index (χ4v) is 4.55. The van der Waals surface area contributed by atoms with Crippen LogP contribution in [-0.2, 0) is 9.59 Å². The van der Waals surface area contributed by atoms with Gasteiger partial charge in [-0.15, -0.1) is 0 Å². The van der Waals surface area contributed by atoms with Gasteiger partial charge in [-0.1, -0.05) is 35.0 Å². The molecule has 0 fully saturated rings. The third-order valence-corrected chi connectivity index (χ3v) is 6.55. The van der Waals surface area contributed by atoms with Gasteiger partial charge < -0.3 is 10.6 Å². The lowest BCUT2D eigenvalue weighted by atomic mass is 10.2. The van der Waals surface area contributed by atoms with Gasteiger partial charge in [0.25, 0.3) is 5.56 Å². The van der Waals surface area contributed by atoms with E-state index in [9.17, 15) is 14.4 Å². The highest BCUT2D eigenvalue weighted by Crippen LogP contribution is 2.27. The van der Waals surface area contributed by atoms with Gasteiger partial charge in [-0.05, 0) is 73.7 Å². The van der Waals surface area contributed by atoms with Crippen molar-refractivity contribution in [2.24, 2.45) is 0 Å². The van der Waals surface area contributed by atoms with Gasteiger partial charge in [0.2, 0.25) is 11.8 Å². The number of carbonyl (C=O) groups is 2. The number of carbonyl (C=O) groups excluding carboxylic acids is 2. The SMILES string of the molecule is CC(=O)Nc1ccc(NC(=O)C(C)Sc2nc3cc(Cl)ccc3c(=O)n2-c2ccc(Cl)cc2)cc1. The number of fused-ring (bicyclic) bond motifs is 1. The van der Waals surface area contributed by atoms with E-state index in [4.69, 9.17) is 23.2 Å². The molecule has 10 heteroatoms. The van der Waals surface area contributed by atoms with Gasteiger partial charge in [-0.2, -0.15) is 0 Å². The highest BCUT2D eigenvalue weighted by Gasteiger charge is 2.21. The van der Waals surface area contributed by atoms with Crippen LogP contribution >= 0.6 is 35.0 Å². The largest absolute Gasteiger partial charge is 0.326 e. The Morgan fingerprint density at radius 3 is 2.14 bits per heavy atom. The molecule has 3 aromatic carbocycles. The van der Waals surface area contributed by atoms with Crippen LogP contribution in [0.25, 0.3) is 16.6 Å². The summed E-state index contributed by atoms with van der Waals surface area (Å²) >= 11 is 13.3. The van der Waals surface area contributed by atoms with Crippen LogP contribution < -0.4 is 16.2 Å². The third-order valence-electron chi connectivity index (χ3n) is 5.01. The summed E-state index contributed by atoms with van der Waals surface area (Å²) < 4.78 is 1.46. The second-order valence-electron chi connectivity index (χ2n) is 7.68. The lowest BCUT2D eigenvalue weighted by Crippen LogP contribution is -2.26. The van der Waals surface area contributed by atoms with E-state index in [2.05, 4.69) is 15.6 Å². The first-order valence-corrected chi connectivity index (χ1v) is 12.2. The maximum atomic E-state index is 13.4. The molecule has 2 N–H and O–H groups in total. The molecular formula is C25H20Cl2N4O3S. The molecule has 178 valence electrons. The molecule has 0 radical (unpaired) electrons. The van der Waals surface area contributed by atoms with Crippen molar-refractivity contribution in [3.63, 3.8) is 0 Å². The third kappa shape index (κ3) is 5.85. The quantitative estimate of drug-likeness (QED) is 0.245. The van der Waals surface area contributed by atoms with Crippen LogP contribution in [0.15, 0.2) is 76.7 Å². The van der Waals surface area contributed by atoms with Gasteiger partial charge in [-0.3, -0.25) is 19.0 Å². The minimum absolute atomic E-state index is 0.178. The summed E-state index contributed by atoms with van der Waals surface area (Å²) in [5.74, 6) is -0.451. The maximum Gasteiger partial charge on any atom is 0.266 e. The minimum Gasteiger partial charge on any atom is -0.326 e. The van der Waals surface area contributed by atoms with Gasteiger partial charge in [-0.25, -0.2) is 4.98 Å². The number of amides is 2. The highest BCUT2D eigenvalue weighted by molar-refractivity contribution is 8.00. The molecule has 0 saturated carbocycles. The Morgan fingerprint density at radius 1 is 0.914 bits per heavy atom. The van der Waals surface area contributed by atoms with Crippen LogP contribution in [0.4, 0.5) is 11.4 Å². The second kappa shape index (κ2) is 10.5. The van der Waals surface area contributed by atoms with E-state index in [0.29, 0.717) is 43.2 Å². The van der Waals surface area contributed by atoms with Gasteiger partial charge in [0.1, 0.15) is 0 Å². The van der Waals surface area contributed by atoms with Crippen LogP contribution in [0.5, 0.6) is 0 Å². The molecule has 7 nitrogen and oxygen atoms in total. The average Bonchev–Trinajstić information content (AvgIpc) is 2.81. The molecule has 1 aromatic heterocycles. The van der Waals surface area contributed by atoms with Crippen molar-refractivity contribution < 1.29 is 9.59 Å². The fourth-order valence-electron chi connectivity index (χ4n) is 3.33. The lowest BCUT2D eigenvalue weighted by Gasteiger charge is -2.17. The molecule has 0 aliphatic heterocycles. The molecule has 0 bridgehead atoms. The average molecular weight is 527 g/mol. The van der Waals surface area contributed by atoms with Crippen molar-refractivity contribution in [2.75, 3.05) is 10.6 Å². The first kappa shape index (κ1) is 24.8. The number of anilines is 2. The highest BCUT2D eigenvalue weighted by atomic mass is 35.5. The number of thioether (sulfide) groups is 1. The number of aromatic nitrogens is 2. The molecule has 0 saturated heterocycles. The monoisotopic (exact) mass is 526 g/mol. The zero-order valence-electron chi connectivity index (χ0n) is 18.7. The van der Waals surface area contributed by atoms with Crippen molar-refractivity contribution in [1.29, 1.82) is 0 Å². The van der Waals surface area contributed by atoms with E-state index in [1.165, 1.54) is 11.5 Å². The number of rotatable bonds is 6. The normalized spacial score (nSPS) is 11.8. The molecular weight excluding hydrogens is 507 g/mol. The first-order valence-electron chi connectivity index (χ1n) is 10.5. The van der Waals surface area contributed by atoms with Crippen molar-refractivity contribution in [1.82, 2.24) is 9.55 Å². The summed E-state index contributed by atoms with van der Waals surface area (Å²) in [5, 5.41) is 6.67. The van der Waals surface area contributed by atoms with Crippen LogP contribution in [0.1, 0.15) is 13.8 Å². The van der Waals surface area contributed by atoms with Crippen molar-refractivity contribution >= 4 is 69.1 Å². The second-order valence-corrected chi connectivity index (χ2v) is 9.86. The minimum atomic E-state index is -0.591. The summed E-state index contributed by atoms with van der Waals surface area (Å²) in [4.78, 5) is 42.2. The van der Waals surface area contributed by atoms with Gasteiger partial charge in [0, 0.05) is 28.3 Å². The van der Waals surface area contributed by atoms with Crippen molar-refractivity contribution in [3.05, 3.63) is 87.1 Å². The van der Waals surface area contributed by atoms with Crippen LogP contribution in [0.3, 0.4) is 0 Å². The van der Waals surface area contributed by atoms with E-state index in [0.717, 1.165) is 11.8 Å². The summed E-state index contributed by atoms with van der Waals surface area (Å²) in [6, 6.07) is 18.5. The van der Waals surface area contributed by atoms with Crippen LogP contribution in [-0.4, -0.2) is 26.6 Å². The zero-order valence-corrected chi connectivity index (χ0v) is 21.0. The molecule has 35 heavy (non-hydrogen) atoms. The Balaban J connectivity index is 1.64. The summed E-state index contributed by atoms with van der Waals surface area (Å²) in [6.07, 6.45) is 0. The summed E-state index contributed by atoms with van der Waals surface area (Å²) in [6.45, 7) is 3.15. The predicted molar refractivity (Wildman–Crippen MR) is 142 cm³/mol. The lowest BCUT2D eigenvalue weighted by molar-refractivity contribution is -0.115. The van der Waals surface area contributed by atoms with Gasteiger partial charge in [0.05, 0.1) is 21.8 Å². The van der Waals surface area contributed by atoms with Crippen LogP contribution in [0.2, 0.25) is 10.0 Å². The van der Waals surface area contributed by atoms with E-state index >= 15 is 0 Å². The predicted octanol–water partition coefficient (Wildman–Crippen LogP) is 5.77. The Bertz CT molecular complexity index is 1470. The molecule has 4 rings (SSSR count). The Morgan fingerprint density at radius 2 is 1.51 bits per heavy atom. The summed E-state index contributed by atoms with van der Waals surface area (Å²) in [7, 11) is 0. The number of hydrogen-bond acceptors (Lipinski definition) is 5. The maximum absolute atomic E-state index is 13.4. The number of halogens is 2. The molecule has 1 atom stereocenters. The Hall–Kier alpha value is -3.33. The molecule has 2 amide bonds. The Labute approximate surface area is 215 Å². The number of nitrogens with zero attached hydrogens (tertiary/aromatic N) is 2. The number of benzene rings is 3. The molecule has 0 aliphatic carbocycles. The smallest absolute Gasteiger partial charge is 0.266 e. The Kier molecular flexibility index (Phi) is 7.45. The van der Waals surface area contributed by atoms with E-state index in [1.54, 1.807) is 73.7 Å². The van der Waals surface area contributed by atoms with E-state index in [-0.39, 0.29) is 17.4 Å². The van der Waals surface area contributed by atoms with Crippen LogP contribution in [0, 0.1) is 0 Å². The molecule has 0 aliphatic rings. The standard InChI is InChI=1S/C25H20Cl2N4O3S/c1-14(23(33)29-19-8-6-18(7-9-19)28-15(2)32)35-25-30-22-13-17(27)5-12-21(22)24(34)31(25)20-10-3-16(26)4-11-20/h3-14H,1-2H3,(H,28,32)(H,29,33). The summed E-state index contributed by atoms with van der Waals surface area (Å²) in [5.41, 5.74) is 1.94. The molecule has 4 aromatic rings. The van der Waals surface area contributed by atoms with Crippen molar-refractivity contribution in [2.45, 2.75) is 24.3 Å². The fraction of sp³-hybridized carbons (Fsp3) is 0.120. The first-order chi connectivity index (χ1) is 16.7. The van der Waals surface area contributed by atoms with Gasteiger partial charge in [0.15, 0.2) is 5.16 Å². The molecule has 1 heterocycles. The van der Waals surface area contributed by atoms with Crippen molar-refractivity contribution in [3.8, 4) is 5.69 Å². The number of hydrogen-bond donors (Lipinski definition) is 2. The molecule has 1 unspecified atom stereocenters. The van der Waals surface area contributed by atoms with E-state index in [1.807, 2.05) is 0 Å².